The van der Waals surface area contributed by atoms with Crippen LogP contribution in [-0.2, 0) is 13.5 Å². The first kappa shape index (κ1) is 9.30. The van der Waals surface area contributed by atoms with E-state index in [4.69, 9.17) is 0 Å². The van der Waals surface area contributed by atoms with Crippen LogP contribution in [0.4, 0.5) is 0 Å². The lowest BCUT2D eigenvalue weighted by molar-refractivity contribution is 0.372. The van der Waals surface area contributed by atoms with E-state index in [9.17, 15) is 0 Å². The summed E-state index contributed by atoms with van der Waals surface area (Å²) in [5.41, 5.74) is 0.409. The van der Waals surface area contributed by atoms with Crippen LogP contribution < -0.4 is 0 Å². The highest BCUT2D eigenvalue weighted by molar-refractivity contribution is 4.91. The third-order valence-electron chi connectivity index (χ3n) is 2.02. The summed E-state index contributed by atoms with van der Waals surface area (Å²) in [7, 11) is 2.05. The van der Waals surface area contributed by atoms with E-state index in [2.05, 4.69) is 30.3 Å². The summed E-state index contributed by atoms with van der Waals surface area (Å²) in [6.07, 6.45) is 6.13. The minimum absolute atomic E-state index is 0.409. The maximum atomic E-state index is 4.28. The van der Waals surface area contributed by atoms with Gasteiger partial charge in [0.2, 0.25) is 0 Å². The molecule has 0 spiro atoms. The Morgan fingerprint density at radius 1 is 1.42 bits per heavy atom. The maximum Gasteiger partial charge on any atom is 0.108 e. The summed E-state index contributed by atoms with van der Waals surface area (Å²) in [6.45, 7) is 6.78. The Morgan fingerprint density at radius 3 is 2.50 bits per heavy atom. The van der Waals surface area contributed by atoms with Crippen LogP contribution in [-0.4, -0.2) is 9.55 Å². The van der Waals surface area contributed by atoms with Gasteiger partial charge in [-0.15, -0.1) is 0 Å². The normalized spacial score (nSPS) is 12.0. The molecule has 68 valence electrons. The van der Waals surface area contributed by atoms with Crippen molar-refractivity contribution in [1.29, 1.82) is 0 Å². The van der Waals surface area contributed by atoms with E-state index in [1.54, 1.807) is 0 Å². The molecule has 1 rings (SSSR count). The molecule has 0 N–H and O–H groups in total. The topological polar surface area (TPSA) is 17.8 Å². The molecule has 0 aliphatic carbocycles. The molecule has 0 aliphatic heterocycles. The smallest absolute Gasteiger partial charge is 0.108 e. The van der Waals surface area contributed by atoms with Crippen LogP contribution in [0.3, 0.4) is 0 Å². The summed E-state index contributed by atoms with van der Waals surface area (Å²) in [5.74, 6) is 1.19. The Hall–Kier alpha value is -0.790. The van der Waals surface area contributed by atoms with Gasteiger partial charge in [0.25, 0.3) is 0 Å². The van der Waals surface area contributed by atoms with Crippen LogP contribution in [0.15, 0.2) is 12.4 Å². The summed E-state index contributed by atoms with van der Waals surface area (Å²) >= 11 is 0. The number of hydrogen-bond acceptors (Lipinski definition) is 1. The van der Waals surface area contributed by atoms with E-state index >= 15 is 0 Å². The van der Waals surface area contributed by atoms with Crippen LogP contribution in [0.1, 0.15) is 33.0 Å². The lowest BCUT2D eigenvalue weighted by atomic mass is 9.90. The van der Waals surface area contributed by atoms with Gasteiger partial charge in [-0.25, -0.2) is 4.98 Å². The molecule has 0 fully saturated rings. The van der Waals surface area contributed by atoms with Gasteiger partial charge in [-0.05, 0) is 11.8 Å². The standard InChI is InChI=1S/C10H18N2/c1-10(2,3)6-5-9-11-7-8-12(9)4/h7-8H,5-6H2,1-4H3. The Labute approximate surface area is 74.6 Å². The molecule has 2 heteroatoms. The van der Waals surface area contributed by atoms with Crippen molar-refractivity contribution in [2.24, 2.45) is 12.5 Å². The molecule has 0 saturated carbocycles. The zero-order valence-corrected chi connectivity index (χ0v) is 8.46. The molecule has 0 amide bonds. The number of hydrogen-bond donors (Lipinski definition) is 0. The van der Waals surface area contributed by atoms with Gasteiger partial charge in [0, 0.05) is 25.9 Å². The van der Waals surface area contributed by atoms with Gasteiger partial charge in [-0.2, -0.15) is 0 Å². The molecule has 1 aromatic heterocycles. The second-order valence-corrected chi connectivity index (χ2v) is 4.52. The molecule has 0 radical (unpaired) electrons. The molecule has 1 aromatic rings. The van der Waals surface area contributed by atoms with E-state index in [-0.39, 0.29) is 0 Å². The number of imidazole rings is 1. The third-order valence-corrected chi connectivity index (χ3v) is 2.02. The minimum atomic E-state index is 0.409. The van der Waals surface area contributed by atoms with Crippen LogP contribution in [0, 0.1) is 5.41 Å². The molecular formula is C10H18N2. The van der Waals surface area contributed by atoms with Gasteiger partial charge in [0.1, 0.15) is 5.82 Å². The lowest BCUT2D eigenvalue weighted by Crippen LogP contribution is -2.08. The fraction of sp³-hybridized carbons (Fsp3) is 0.700. The molecule has 0 saturated heterocycles. The summed E-state index contributed by atoms with van der Waals surface area (Å²) in [4.78, 5) is 4.28. The number of aromatic nitrogens is 2. The highest BCUT2D eigenvalue weighted by Crippen LogP contribution is 2.20. The van der Waals surface area contributed by atoms with Crippen molar-refractivity contribution in [3.05, 3.63) is 18.2 Å². The average molecular weight is 166 g/mol. The molecule has 0 bridgehead atoms. The fourth-order valence-corrected chi connectivity index (χ4v) is 1.12. The van der Waals surface area contributed by atoms with Crippen molar-refractivity contribution >= 4 is 0 Å². The van der Waals surface area contributed by atoms with E-state index in [0.717, 1.165) is 6.42 Å². The average Bonchev–Trinajstić information content (AvgIpc) is 2.29. The molecule has 2 nitrogen and oxygen atoms in total. The predicted molar refractivity (Wildman–Crippen MR) is 51.0 cm³/mol. The minimum Gasteiger partial charge on any atom is -0.338 e. The van der Waals surface area contributed by atoms with Crippen LogP contribution in [0.2, 0.25) is 0 Å². The quantitative estimate of drug-likeness (QED) is 0.659. The molecule has 12 heavy (non-hydrogen) atoms. The van der Waals surface area contributed by atoms with Gasteiger partial charge in [-0.3, -0.25) is 0 Å². The maximum absolute atomic E-state index is 4.28. The summed E-state index contributed by atoms with van der Waals surface area (Å²) in [6, 6.07) is 0. The second-order valence-electron chi connectivity index (χ2n) is 4.52. The summed E-state index contributed by atoms with van der Waals surface area (Å²) in [5, 5.41) is 0. The van der Waals surface area contributed by atoms with Gasteiger partial charge < -0.3 is 4.57 Å². The molecule has 1 heterocycles. The third kappa shape index (κ3) is 2.68. The van der Waals surface area contributed by atoms with Crippen molar-refractivity contribution in [2.45, 2.75) is 33.6 Å². The van der Waals surface area contributed by atoms with E-state index in [1.165, 1.54) is 12.2 Å². The van der Waals surface area contributed by atoms with Gasteiger partial charge in [0.05, 0.1) is 0 Å². The summed E-state index contributed by atoms with van der Waals surface area (Å²) < 4.78 is 2.09. The van der Waals surface area contributed by atoms with Crippen molar-refractivity contribution in [1.82, 2.24) is 9.55 Å². The number of aryl methyl sites for hydroxylation is 2. The monoisotopic (exact) mass is 166 g/mol. The Balaban J connectivity index is 2.49. The van der Waals surface area contributed by atoms with Crippen molar-refractivity contribution < 1.29 is 0 Å². The largest absolute Gasteiger partial charge is 0.338 e. The zero-order valence-electron chi connectivity index (χ0n) is 8.46. The fourth-order valence-electron chi connectivity index (χ4n) is 1.12. The van der Waals surface area contributed by atoms with Gasteiger partial charge in [0.15, 0.2) is 0 Å². The van der Waals surface area contributed by atoms with E-state index in [0.29, 0.717) is 5.41 Å². The van der Waals surface area contributed by atoms with E-state index < -0.39 is 0 Å². The first-order valence-corrected chi connectivity index (χ1v) is 4.45. The van der Waals surface area contributed by atoms with Crippen molar-refractivity contribution in [3.8, 4) is 0 Å². The predicted octanol–water partition coefficient (Wildman–Crippen LogP) is 2.40. The Bertz CT molecular complexity index is 243. The van der Waals surface area contributed by atoms with E-state index in [1.807, 2.05) is 19.4 Å². The molecule has 0 aromatic carbocycles. The lowest BCUT2D eigenvalue weighted by Gasteiger charge is -2.17. The molecular weight excluding hydrogens is 148 g/mol. The molecule has 0 unspecified atom stereocenters. The molecule has 0 aliphatic rings. The Kier molecular flexibility index (Phi) is 2.55. The SMILES string of the molecule is Cn1ccnc1CCC(C)(C)C. The highest BCUT2D eigenvalue weighted by Gasteiger charge is 2.11. The molecule has 0 atom stereocenters. The zero-order chi connectivity index (χ0) is 9.19. The highest BCUT2D eigenvalue weighted by atomic mass is 15.0. The van der Waals surface area contributed by atoms with Crippen LogP contribution >= 0.6 is 0 Å². The van der Waals surface area contributed by atoms with Crippen LogP contribution in [0.5, 0.6) is 0 Å². The van der Waals surface area contributed by atoms with Crippen LogP contribution in [0.25, 0.3) is 0 Å². The Morgan fingerprint density at radius 2 is 2.08 bits per heavy atom. The second kappa shape index (κ2) is 3.30. The first-order chi connectivity index (χ1) is 5.49. The first-order valence-electron chi connectivity index (χ1n) is 4.45. The number of rotatable bonds is 2. The van der Waals surface area contributed by atoms with Crippen molar-refractivity contribution in [2.75, 3.05) is 0 Å². The number of nitrogens with zero attached hydrogens (tertiary/aromatic N) is 2. The van der Waals surface area contributed by atoms with Gasteiger partial charge in [-0.1, -0.05) is 20.8 Å². The van der Waals surface area contributed by atoms with Gasteiger partial charge >= 0.3 is 0 Å². The van der Waals surface area contributed by atoms with Crippen molar-refractivity contribution in [3.63, 3.8) is 0 Å².